The van der Waals surface area contributed by atoms with E-state index >= 15 is 0 Å². The molecule has 5 N–H and O–H groups in total. The molecule has 3 heterocycles. The highest BCUT2D eigenvalue weighted by atomic mass is 31.2. The van der Waals surface area contributed by atoms with E-state index in [-0.39, 0.29) is 17.3 Å². The molecule has 0 amide bonds. The van der Waals surface area contributed by atoms with Crippen molar-refractivity contribution >= 4 is 25.1 Å². The molecule has 196 valence electrons. The number of aromatic nitrogens is 3. The molecule has 1 aromatic carbocycles. The molecule has 1 saturated heterocycles. The van der Waals surface area contributed by atoms with Crippen molar-refractivity contribution in [1.82, 2.24) is 19.7 Å². The summed E-state index contributed by atoms with van der Waals surface area (Å²) < 4.78 is 36.4. The molecule has 1 aliphatic rings. The van der Waals surface area contributed by atoms with Crippen LogP contribution in [0.3, 0.4) is 0 Å². The number of ether oxygens (including phenoxy) is 2. The van der Waals surface area contributed by atoms with E-state index in [4.69, 9.17) is 19.5 Å². The van der Waals surface area contributed by atoms with Crippen LogP contribution in [0.15, 0.2) is 48.8 Å². The van der Waals surface area contributed by atoms with Crippen molar-refractivity contribution in [1.29, 1.82) is 5.26 Å². The number of rotatable bonds is 9. The minimum Gasteiger partial charge on any atom is -0.468 e. The van der Waals surface area contributed by atoms with Crippen LogP contribution in [0.4, 0.5) is 5.82 Å². The van der Waals surface area contributed by atoms with Crippen molar-refractivity contribution in [3.05, 3.63) is 54.5 Å². The monoisotopic (exact) mass is 532 g/mol. The molecule has 1 aliphatic heterocycles. The first kappa shape index (κ1) is 26.5. The van der Waals surface area contributed by atoms with Gasteiger partial charge in [0.15, 0.2) is 5.82 Å². The number of nitrogens with one attached hydrogen (secondary N) is 1. The second kappa shape index (κ2) is 10.4. The van der Waals surface area contributed by atoms with Crippen molar-refractivity contribution in [2.75, 3.05) is 19.5 Å². The highest BCUT2D eigenvalue weighted by Gasteiger charge is 2.58. The van der Waals surface area contributed by atoms with Crippen LogP contribution in [-0.4, -0.2) is 68.9 Å². The maximum Gasteiger partial charge on any atom is 0.459 e. The highest BCUT2D eigenvalue weighted by Crippen LogP contribution is 2.47. The summed E-state index contributed by atoms with van der Waals surface area (Å²) >= 11 is 0. The summed E-state index contributed by atoms with van der Waals surface area (Å²) in [5.41, 5.74) is 4.24. The number of nitrogen functional groups attached to an aromatic ring is 1. The van der Waals surface area contributed by atoms with Crippen molar-refractivity contribution in [3.63, 3.8) is 0 Å². The number of aliphatic hydroxyl groups is 2. The van der Waals surface area contributed by atoms with Gasteiger partial charge in [-0.1, -0.05) is 18.2 Å². The van der Waals surface area contributed by atoms with Crippen molar-refractivity contribution in [3.8, 4) is 11.8 Å². The molecule has 0 unspecified atom stereocenters. The third-order valence-electron chi connectivity index (χ3n) is 5.77. The van der Waals surface area contributed by atoms with Crippen LogP contribution in [0.5, 0.6) is 5.75 Å². The Morgan fingerprint density at radius 2 is 2.08 bits per heavy atom. The average Bonchev–Trinajstić information content (AvgIpc) is 3.43. The van der Waals surface area contributed by atoms with Crippen LogP contribution < -0.4 is 15.3 Å². The number of anilines is 1. The van der Waals surface area contributed by atoms with E-state index in [0.29, 0.717) is 5.52 Å². The molecule has 0 aliphatic carbocycles. The largest absolute Gasteiger partial charge is 0.468 e. The molecule has 15 heteroatoms. The number of hydrogen-bond acceptors (Lipinski definition) is 12. The number of aliphatic hydroxyl groups excluding tert-OH is 2. The van der Waals surface area contributed by atoms with E-state index in [1.165, 1.54) is 49.1 Å². The number of nitrogens with zero attached hydrogens (tertiary/aromatic N) is 4. The Labute approximate surface area is 211 Å². The molecule has 0 saturated carbocycles. The molecule has 0 bridgehead atoms. The Morgan fingerprint density at radius 3 is 2.76 bits per heavy atom. The smallest absolute Gasteiger partial charge is 0.459 e. The van der Waals surface area contributed by atoms with E-state index < -0.39 is 50.3 Å². The summed E-state index contributed by atoms with van der Waals surface area (Å²) in [6, 6.07) is 11.9. The number of para-hydroxylation sites is 1. The molecule has 6 atom stereocenters. The maximum atomic E-state index is 13.6. The van der Waals surface area contributed by atoms with Crippen LogP contribution in [0.1, 0.15) is 12.6 Å². The molecule has 2 aromatic heterocycles. The van der Waals surface area contributed by atoms with Crippen molar-refractivity contribution in [2.24, 2.45) is 0 Å². The lowest BCUT2D eigenvalue weighted by Gasteiger charge is -2.25. The summed E-state index contributed by atoms with van der Waals surface area (Å²) in [7, 11) is -3.10. The third-order valence-corrected chi connectivity index (χ3v) is 7.41. The fourth-order valence-electron chi connectivity index (χ4n) is 3.90. The van der Waals surface area contributed by atoms with E-state index in [1.807, 2.05) is 6.07 Å². The summed E-state index contributed by atoms with van der Waals surface area (Å²) in [5, 5.41) is 38.2. The van der Waals surface area contributed by atoms with E-state index in [0.717, 1.165) is 0 Å². The fourth-order valence-corrected chi connectivity index (χ4v) is 5.40. The zero-order chi connectivity index (χ0) is 26.8. The number of carbonyl (C=O) groups is 1. The van der Waals surface area contributed by atoms with Crippen LogP contribution in [0.2, 0.25) is 0 Å². The van der Waals surface area contributed by atoms with Crippen LogP contribution in [0.25, 0.3) is 5.52 Å². The predicted molar refractivity (Wildman–Crippen MR) is 127 cm³/mol. The van der Waals surface area contributed by atoms with Gasteiger partial charge in [0.1, 0.15) is 48.0 Å². The third kappa shape index (κ3) is 5.01. The number of benzene rings is 1. The van der Waals surface area contributed by atoms with Gasteiger partial charge in [-0.15, -0.1) is 0 Å². The number of fused-ring (bicyclic) bond motifs is 1. The lowest BCUT2D eigenvalue weighted by molar-refractivity contribution is -0.142. The molecular weight excluding hydrogens is 507 g/mol. The first-order valence-corrected chi connectivity index (χ1v) is 12.6. The summed E-state index contributed by atoms with van der Waals surface area (Å²) in [6.45, 7) is 0.806. The number of nitriles is 1. The quantitative estimate of drug-likeness (QED) is 0.219. The Hall–Kier alpha value is -3.57. The van der Waals surface area contributed by atoms with Crippen LogP contribution in [-0.2, 0) is 29.0 Å². The number of methoxy groups -OCH3 is 1. The topological polar surface area (TPSA) is 204 Å². The zero-order valence-corrected chi connectivity index (χ0v) is 20.7. The van der Waals surface area contributed by atoms with Gasteiger partial charge in [-0.2, -0.15) is 15.4 Å². The Bertz CT molecular complexity index is 1360. The van der Waals surface area contributed by atoms with E-state index in [9.17, 15) is 24.8 Å². The van der Waals surface area contributed by atoms with Gasteiger partial charge in [0, 0.05) is 0 Å². The van der Waals surface area contributed by atoms with Crippen LogP contribution >= 0.6 is 7.75 Å². The van der Waals surface area contributed by atoms with Gasteiger partial charge in [0.05, 0.1) is 19.4 Å². The number of carbonyl (C=O) groups excluding carboxylic acids is 1. The van der Waals surface area contributed by atoms with Gasteiger partial charge >= 0.3 is 13.7 Å². The molecule has 37 heavy (non-hydrogen) atoms. The molecular formula is C22H25N6O8P. The maximum absolute atomic E-state index is 13.6. The minimum absolute atomic E-state index is 0.0920. The number of nitrogens with two attached hydrogens (primary N) is 1. The van der Waals surface area contributed by atoms with Gasteiger partial charge in [-0.05, 0) is 31.2 Å². The van der Waals surface area contributed by atoms with Gasteiger partial charge in [-0.3, -0.25) is 9.32 Å². The molecule has 0 radical (unpaired) electrons. The van der Waals surface area contributed by atoms with E-state index in [2.05, 4.69) is 19.9 Å². The molecule has 1 fully saturated rings. The van der Waals surface area contributed by atoms with E-state index in [1.54, 1.807) is 18.2 Å². The van der Waals surface area contributed by atoms with Crippen LogP contribution in [0, 0.1) is 11.3 Å². The lowest BCUT2D eigenvalue weighted by Crippen LogP contribution is -2.41. The average molecular weight is 532 g/mol. The molecule has 4 rings (SSSR count). The zero-order valence-electron chi connectivity index (χ0n) is 19.8. The SMILES string of the molecule is COC(=O)[C@H](C)N[P@](=O)(OC[C@H]1O[C@@](C#N)(c2ccc3c(N)ncnn23)[C@H](O)[C@@H]1O)Oc1ccccc1. The normalized spacial score (nSPS) is 25.8. The number of hydrogen-bond donors (Lipinski definition) is 4. The second-order valence-corrected chi connectivity index (χ2v) is 9.87. The predicted octanol–water partition coefficient (Wildman–Crippen LogP) is 0.506. The Balaban J connectivity index is 1.59. The second-order valence-electron chi connectivity index (χ2n) is 8.17. The molecule has 14 nitrogen and oxygen atoms in total. The standard InChI is InChI=1S/C22H25N6O8P/c1-13(21(31)33-2)27-37(32,36-14-6-4-3-5-7-14)34-10-16-18(29)19(30)22(11-23,35-16)17-9-8-15-20(24)25-12-26-28(15)17/h3-9,12-13,16,18-19,29-30H,10H2,1-2H3,(H,27,32)(H2,24,25,26)/t13-,16+,18+,19+,22-,37-/m0/s1. The molecule has 3 aromatic rings. The lowest BCUT2D eigenvalue weighted by atomic mass is 9.92. The van der Waals surface area contributed by atoms with Crippen molar-refractivity contribution in [2.45, 2.75) is 36.9 Å². The van der Waals surface area contributed by atoms with Gasteiger partial charge in [0.25, 0.3) is 0 Å². The highest BCUT2D eigenvalue weighted by molar-refractivity contribution is 7.52. The summed E-state index contributed by atoms with van der Waals surface area (Å²) in [6.07, 6.45) is -3.53. The Kier molecular flexibility index (Phi) is 7.47. The number of esters is 1. The minimum atomic E-state index is -4.27. The molecule has 0 spiro atoms. The van der Waals surface area contributed by atoms with Gasteiger partial charge < -0.3 is 29.9 Å². The summed E-state index contributed by atoms with van der Waals surface area (Å²) in [4.78, 5) is 15.8. The fraction of sp³-hybridized carbons (Fsp3) is 0.364. The Morgan fingerprint density at radius 1 is 1.35 bits per heavy atom. The van der Waals surface area contributed by atoms with Gasteiger partial charge in [0.2, 0.25) is 5.60 Å². The first-order chi connectivity index (χ1) is 17.6. The van der Waals surface area contributed by atoms with Crippen molar-refractivity contribution < 1.29 is 38.1 Å². The van der Waals surface area contributed by atoms with Gasteiger partial charge in [-0.25, -0.2) is 14.1 Å². The summed E-state index contributed by atoms with van der Waals surface area (Å²) in [5.74, 6) is -0.420. The first-order valence-electron chi connectivity index (χ1n) is 11.0.